The molecule has 0 amide bonds. The quantitative estimate of drug-likeness (QED) is 0.892. The minimum atomic E-state index is 0. The highest BCUT2D eigenvalue weighted by Gasteiger charge is 2.09. The van der Waals surface area contributed by atoms with Crippen molar-refractivity contribution in [3.63, 3.8) is 0 Å². The highest BCUT2D eigenvalue weighted by molar-refractivity contribution is 7.12. The van der Waals surface area contributed by atoms with E-state index in [4.69, 9.17) is 5.73 Å². The Hall–Kier alpha value is -1.69. The fraction of sp³-hybridized carbons (Fsp3) is 0.417. The van der Waals surface area contributed by atoms with Crippen molar-refractivity contribution in [1.29, 1.82) is 0 Å². The fourth-order valence-corrected chi connectivity index (χ4v) is 2.40. The molecule has 3 N–H and O–H groups in total. The molecular weight excluding hydrogens is 246 g/mol. The third kappa shape index (κ3) is 3.40. The summed E-state index contributed by atoms with van der Waals surface area (Å²) in [4.78, 5) is 14.7. The summed E-state index contributed by atoms with van der Waals surface area (Å²) in [5, 5.41) is 3.22. The summed E-state index contributed by atoms with van der Waals surface area (Å²) < 4.78 is 0. The Morgan fingerprint density at radius 1 is 1.22 bits per heavy atom. The Morgan fingerprint density at radius 2 is 1.94 bits per heavy atom. The van der Waals surface area contributed by atoms with Crippen LogP contribution >= 0.6 is 11.3 Å². The molecule has 0 aliphatic carbocycles. The molecule has 0 saturated carbocycles. The third-order valence-electron chi connectivity index (χ3n) is 2.30. The van der Waals surface area contributed by atoms with Crippen molar-refractivity contribution < 1.29 is 0 Å². The number of hydrogen-bond donors (Lipinski definition) is 2. The second-order valence-electron chi connectivity index (χ2n) is 3.88. The maximum absolute atomic E-state index is 5.58. The zero-order chi connectivity index (χ0) is 12.4. The summed E-state index contributed by atoms with van der Waals surface area (Å²) in [6.07, 6.45) is 0. The largest absolute Gasteiger partial charge is 0.368 e. The normalized spacial score (nSPS) is 11.7. The monoisotopic (exact) mass is 265 g/mol. The number of nitrogens with one attached hydrogen (secondary N) is 1. The van der Waals surface area contributed by atoms with E-state index >= 15 is 0 Å². The lowest BCUT2D eigenvalue weighted by molar-refractivity contribution is 0.864. The molecule has 2 aromatic heterocycles. The zero-order valence-corrected chi connectivity index (χ0v) is 10.9. The van der Waals surface area contributed by atoms with Crippen molar-refractivity contribution >= 4 is 23.2 Å². The summed E-state index contributed by atoms with van der Waals surface area (Å²) in [7, 11) is 0. The summed E-state index contributed by atoms with van der Waals surface area (Å²) in [6, 6.07) is 4.37. The number of aryl methyl sites for hydroxylation is 2. The molecule has 98 valence electrons. The van der Waals surface area contributed by atoms with Crippen molar-refractivity contribution in [2.45, 2.75) is 34.2 Å². The van der Waals surface area contributed by atoms with Gasteiger partial charge in [-0.15, -0.1) is 11.3 Å². The van der Waals surface area contributed by atoms with Crippen LogP contribution in [-0.2, 0) is 0 Å². The number of aromatic nitrogens is 3. The second-order valence-corrected chi connectivity index (χ2v) is 5.20. The van der Waals surface area contributed by atoms with Crippen molar-refractivity contribution in [3.05, 3.63) is 27.7 Å². The first-order valence-electron chi connectivity index (χ1n) is 5.35. The van der Waals surface area contributed by atoms with Gasteiger partial charge in [0.05, 0.1) is 6.04 Å². The van der Waals surface area contributed by atoms with Crippen molar-refractivity contribution in [2.75, 3.05) is 11.1 Å². The standard InChI is InChI=1S/C11H15N5S.CH4/c1-6-4-5-9(17-6)7(2)13-11-15-8(3)14-10(12)16-11;/h4-5,7H,1-3H3,(H3,12,13,14,15,16);1H4. The summed E-state index contributed by atoms with van der Waals surface area (Å²) in [5.74, 6) is 1.39. The molecule has 0 spiro atoms. The molecule has 0 aliphatic rings. The van der Waals surface area contributed by atoms with Crippen LogP contribution in [0.5, 0.6) is 0 Å². The minimum Gasteiger partial charge on any atom is -0.368 e. The predicted octanol–water partition coefficient (Wildman–Crippen LogP) is 2.94. The van der Waals surface area contributed by atoms with Crippen LogP contribution in [0.25, 0.3) is 0 Å². The molecule has 0 aromatic carbocycles. The maximum atomic E-state index is 5.58. The molecule has 2 aromatic rings. The van der Waals surface area contributed by atoms with Gasteiger partial charge >= 0.3 is 0 Å². The molecule has 6 heteroatoms. The number of nitrogen functional groups attached to an aromatic ring is 1. The first-order valence-corrected chi connectivity index (χ1v) is 6.17. The summed E-state index contributed by atoms with van der Waals surface area (Å²) >= 11 is 1.76. The molecule has 0 aliphatic heterocycles. The number of rotatable bonds is 3. The molecule has 1 atom stereocenters. The van der Waals surface area contributed by atoms with E-state index in [0.717, 1.165) is 0 Å². The van der Waals surface area contributed by atoms with E-state index in [1.165, 1.54) is 9.75 Å². The van der Waals surface area contributed by atoms with Crippen LogP contribution in [-0.4, -0.2) is 15.0 Å². The van der Waals surface area contributed by atoms with Gasteiger partial charge in [0.25, 0.3) is 0 Å². The van der Waals surface area contributed by atoms with Crippen molar-refractivity contribution in [1.82, 2.24) is 15.0 Å². The number of nitrogens with zero attached hydrogens (tertiary/aromatic N) is 3. The van der Waals surface area contributed by atoms with Gasteiger partial charge in [0.1, 0.15) is 5.82 Å². The van der Waals surface area contributed by atoms with Gasteiger partial charge in [0, 0.05) is 9.75 Å². The molecule has 0 radical (unpaired) electrons. The van der Waals surface area contributed by atoms with E-state index in [1.54, 1.807) is 18.3 Å². The Labute approximate surface area is 112 Å². The molecule has 2 heterocycles. The van der Waals surface area contributed by atoms with Crippen LogP contribution in [0.4, 0.5) is 11.9 Å². The second kappa shape index (κ2) is 5.77. The Balaban J connectivity index is 0.00000162. The average Bonchev–Trinajstić information content (AvgIpc) is 2.63. The predicted molar refractivity (Wildman–Crippen MR) is 76.8 cm³/mol. The highest BCUT2D eigenvalue weighted by atomic mass is 32.1. The lowest BCUT2D eigenvalue weighted by Gasteiger charge is -2.12. The van der Waals surface area contributed by atoms with Gasteiger partial charge in [-0.05, 0) is 32.9 Å². The van der Waals surface area contributed by atoms with Crippen LogP contribution in [0.2, 0.25) is 0 Å². The minimum absolute atomic E-state index is 0. The van der Waals surface area contributed by atoms with Gasteiger partial charge in [0.15, 0.2) is 0 Å². The third-order valence-corrected chi connectivity index (χ3v) is 3.48. The maximum Gasteiger partial charge on any atom is 0.228 e. The number of thiophene rings is 1. The van der Waals surface area contributed by atoms with Crippen molar-refractivity contribution in [3.8, 4) is 0 Å². The first-order chi connectivity index (χ1) is 8.04. The van der Waals surface area contributed by atoms with Crippen LogP contribution < -0.4 is 11.1 Å². The van der Waals surface area contributed by atoms with E-state index in [1.807, 2.05) is 0 Å². The zero-order valence-electron chi connectivity index (χ0n) is 10.1. The topological polar surface area (TPSA) is 76.7 Å². The van der Waals surface area contributed by atoms with E-state index in [9.17, 15) is 0 Å². The summed E-state index contributed by atoms with van der Waals surface area (Å²) in [6.45, 7) is 5.95. The molecule has 2 rings (SSSR count). The van der Waals surface area contributed by atoms with Crippen LogP contribution in [0.1, 0.15) is 36.0 Å². The van der Waals surface area contributed by atoms with Crippen LogP contribution in [0.15, 0.2) is 12.1 Å². The molecular formula is C12H19N5S. The smallest absolute Gasteiger partial charge is 0.228 e. The lowest BCUT2D eigenvalue weighted by atomic mass is 10.3. The van der Waals surface area contributed by atoms with E-state index in [2.05, 4.69) is 46.2 Å². The van der Waals surface area contributed by atoms with E-state index in [0.29, 0.717) is 11.8 Å². The van der Waals surface area contributed by atoms with Gasteiger partial charge in [-0.25, -0.2) is 0 Å². The van der Waals surface area contributed by atoms with E-state index < -0.39 is 0 Å². The number of anilines is 2. The van der Waals surface area contributed by atoms with Crippen LogP contribution in [0, 0.1) is 13.8 Å². The number of nitrogens with two attached hydrogens (primary N) is 1. The van der Waals surface area contributed by atoms with E-state index in [-0.39, 0.29) is 19.4 Å². The van der Waals surface area contributed by atoms with Gasteiger partial charge in [-0.1, -0.05) is 7.43 Å². The van der Waals surface area contributed by atoms with Gasteiger partial charge in [-0.3, -0.25) is 0 Å². The average molecular weight is 265 g/mol. The Kier molecular flexibility index (Phi) is 4.61. The molecule has 18 heavy (non-hydrogen) atoms. The summed E-state index contributed by atoms with van der Waals surface area (Å²) in [5.41, 5.74) is 5.58. The molecule has 1 unspecified atom stereocenters. The molecule has 0 fully saturated rings. The van der Waals surface area contributed by atoms with Gasteiger partial charge in [-0.2, -0.15) is 15.0 Å². The molecule has 5 nitrogen and oxygen atoms in total. The first kappa shape index (κ1) is 14.4. The molecule has 0 bridgehead atoms. The lowest BCUT2D eigenvalue weighted by Crippen LogP contribution is -2.11. The Bertz CT molecular complexity index is 503. The fourth-order valence-electron chi connectivity index (χ4n) is 1.52. The number of hydrogen-bond acceptors (Lipinski definition) is 6. The van der Waals surface area contributed by atoms with Gasteiger partial charge < -0.3 is 11.1 Å². The SMILES string of the molecule is C.Cc1nc(N)nc(NC(C)c2ccc(C)s2)n1. The molecule has 0 saturated heterocycles. The Morgan fingerprint density at radius 3 is 2.50 bits per heavy atom. The van der Waals surface area contributed by atoms with Crippen LogP contribution in [0.3, 0.4) is 0 Å². The van der Waals surface area contributed by atoms with Gasteiger partial charge in [0.2, 0.25) is 11.9 Å². The highest BCUT2D eigenvalue weighted by Crippen LogP contribution is 2.24. The van der Waals surface area contributed by atoms with Crippen molar-refractivity contribution in [2.24, 2.45) is 0 Å².